The van der Waals surface area contributed by atoms with Gasteiger partial charge in [-0.3, -0.25) is 5.01 Å². The van der Waals surface area contributed by atoms with Crippen molar-refractivity contribution in [2.45, 2.75) is 31.2 Å². The molecule has 0 radical (unpaired) electrons. The first kappa shape index (κ1) is 20.5. The first-order chi connectivity index (χ1) is 12.3. The van der Waals surface area contributed by atoms with Crippen LogP contribution in [-0.2, 0) is 10.9 Å². The molecular formula is C16H14F6N4O. The van der Waals surface area contributed by atoms with Crippen LogP contribution in [-0.4, -0.2) is 42.5 Å². The lowest BCUT2D eigenvalue weighted by Crippen LogP contribution is -2.46. The highest BCUT2D eigenvalue weighted by Gasteiger charge is 2.50. The van der Waals surface area contributed by atoms with Gasteiger partial charge in [0.25, 0.3) is 0 Å². The second-order valence-corrected chi connectivity index (χ2v) is 5.95. The number of rotatable bonds is 2. The van der Waals surface area contributed by atoms with Crippen molar-refractivity contribution in [2.75, 3.05) is 14.2 Å². The Morgan fingerprint density at radius 3 is 2.33 bits per heavy atom. The average Bonchev–Trinajstić information content (AvgIpc) is 2.88. The molecule has 1 aliphatic rings. The lowest BCUT2D eigenvalue weighted by molar-refractivity contribution is -0.136. The van der Waals surface area contributed by atoms with Gasteiger partial charge in [0, 0.05) is 13.5 Å². The molecular weight excluding hydrogens is 378 g/mol. The Morgan fingerprint density at radius 2 is 1.89 bits per heavy atom. The maximum absolute atomic E-state index is 13.1. The summed E-state index contributed by atoms with van der Waals surface area (Å²) in [4.78, 5) is 6.77. The number of nitrogens with zero attached hydrogens (tertiary/aromatic N) is 4. The third kappa shape index (κ3) is 3.99. The van der Waals surface area contributed by atoms with Gasteiger partial charge in [0.2, 0.25) is 5.90 Å². The fourth-order valence-corrected chi connectivity index (χ4v) is 2.56. The summed E-state index contributed by atoms with van der Waals surface area (Å²) in [5.74, 6) is -0.239. The molecule has 2 rings (SSSR count). The summed E-state index contributed by atoms with van der Waals surface area (Å²) in [5, 5.41) is 4.46. The summed E-state index contributed by atoms with van der Waals surface area (Å²) in [6, 6.07) is 2.75. The first-order valence-electron chi connectivity index (χ1n) is 7.43. The van der Waals surface area contributed by atoms with E-state index in [9.17, 15) is 26.3 Å². The molecule has 5 nitrogen and oxygen atoms in total. The Kier molecular flexibility index (Phi) is 5.14. The number of ether oxygens (including phenoxy) is 1. The van der Waals surface area contributed by atoms with Crippen LogP contribution < -0.4 is 0 Å². The van der Waals surface area contributed by atoms with Gasteiger partial charge in [-0.25, -0.2) is 9.84 Å². The van der Waals surface area contributed by atoms with Gasteiger partial charge in [-0.05, 0) is 19.1 Å². The normalized spacial score (nSPS) is 21.1. The van der Waals surface area contributed by atoms with Crippen molar-refractivity contribution < 1.29 is 31.1 Å². The van der Waals surface area contributed by atoms with Crippen molar-refractivity contribution in [3.63, 3.8) is 0 Å². The average molecular weight is 392 g/mol. The Hall–Kier alpha value is -2.77. The molecule has 0 spiro atoms. The van der Waals surface area contributed by atoms with E-state index in [1.54, 1.807) is 0 Å². The van der Waals surface area contributed by atoms with E-state index in [-0.39, 0.29) is 11.6 Å². The quantitative estimate of drug-likeness (QED) is 0.310. The van der Waals surface area contributed by atoms with E-state index in [2.05, 4.69) is 14.9 Å². The molecule has 0 saturated heterocycles. The molecule has 0 bridgehead atoms. The van der Waals surface area contributed by atoms with E-state index < -0.39 is 41.3 Å². The lowest BCUT2D eigenvalue weighted by atomic mass is 9.95. The summed E-state index contributed by atoms with van der Waals surface area (Å²) >= 11 is 0. The van der Waals surface area contributed by atoms with E-state index in [1.807, 2.05) is 0 Å². The van der Waals surface area contributed by atoms with E-state index >= 15 is 0 Å². The van der Waals surface area contributed by atoms with Gasteiger partial charge in [0.1, 0.15) is 11.3 Å². The highest BCUT2D eigenvalue weighted by Crippen LogP contribution is 2.40. The molecule has 0 aromatic heterocycles. The molecule has 0 fully saturated rings. The monoisotopic (exact) mass is 392 g/mol. The number of hydrogen-bond donors (Lipinski definition) is 0. The van der Waals surface area contributed by atoms with Crippen LogP contribution in [0.15, 0.2) is 28.3 Å². The van der Waals surface area contributed by atoms with Crippen molar-refractivity contribution in [3.05, 3.63) is 35.2 Å². The van der Waals surface area contributed by atoms with Crippen LogP contribution in [0.25, 0.3) is 4.85 Å². The number of hydrazone groups is 1. The van der Waals surface area contributed by atoms with Gasteiger partial charge in [0.05, 0.1) is 24.9 Å². The van der Waals surface area contributed by atoms with Gasteiger partial charge in [-0.2, -0.15) is 31.4 Å². The van der Waals surface area contributed by atoms with Gasteiger partial charge in [0.15, 0.2) is 5.69 Å². The molecule has 146 valence electrons. The number of methoxy groups -OCH3 is 1. The molecule has 0 amide bonds. The summed E-state index contributed by atoms with van der Waals surface area (Å²) in [7, 11) is 2.44. The Labute approximate surface area is 150 Å². The summed E-state index contributed by atoms with van der Waals surface area (Å²) in [5.41, 5.74) is -4.48. The Morgan fingerprint density at radius 1 is 1.26 bits per heavy atom. The number of benzene rings is 1. The molecule has 11 heteroatoms. The standard InChI is InChI=1S/C16H14F6N4O/c1-14(8-12(16(20,21)22)25-26(14)3)13(27-4)24-9-5-6-11(23-2)10(7-9)15(17,18)19/h5-7H,8H2,1,3-4H3. The summed E-state index contributed by atoms with van der Waals surface area (Å²) in [6.07, 6.45) is -10.0. The molecule has 27 heavy (non-hydrogen) atoms. The largest absolute Gasteiger partial charge is 0.482 e. The molecule has 1 aromatic rings. The molecule has 1 aliphatic heterocycles. The van der Waals surface area contributed by atoms with Crippen molar-refractivity contribution in [1.29, 1.82) is 0 Å². The molecule has 1 heterocycles. The second-order valence-electron chi connectivity index (χ2n) is 5.95. The number of aliphatic imine (C=N–C) groups is 1. The molecule has 0 aliphatic carbocycles. The van der Waals surface area contributed by atoms with Crippen molar-refractivity contribution in [2.24, 2.45) is 10.1 Å². The van der Waals surface area contributed by atoms with Crippen LogP contribution in [0.2, 0.25) is 0 Å². The fourth-order valence-electron chi connectivity index (χ4n) is 2.56. The number of halogens is 6. The second kappa shape index (κ2) is 6.75. The maximum atomic E-state index is 13.1. The molecule has 1 aromatic carbocycles. The summed E-state index contributed by atoms with van der Waals surface area (Å²) in [6.45, 7) is 8.21. The van der Waals surface area contributed by atoms with Crippen LogP contribution in [0.5, 0.6) is 0 Å². The van der Waals surface area contributed by atoms with E-state index in [0.717, 1.165) is 24.3 Å². The van der Waals surface area contributed by atoms with Crippen LogP contribution in [0.1, 0.15) is 18.9 Å². The van der Waals surface area contributed by atoms with Gasteiger partial charge in [-0.1, -0.05) is 6.07 Å². The molecule has 0 N–H and O–H groups in total. The van der Waals surface area contributed by atoms with E-state index in [4.69, 9.17) is 11.3 Å². The topological polar surface area (TPSA) is 41.6 Å². The number of alkyl halides is 6. The minimum atomic E-state index is -4.78. The Balaban J connectivity index is 2.47. The maximum Gasteiger partial charge on any atom is 0.431 e. The molecule has 1 unspecified atom stereocenters. The van der Waals surface area contributed by atoms with Crippen LogP contribution in [0.4, 0.5) is 37.7 Å². The first-order valence-corrected chi connectivity index (χ1v) is 7.43. The zero-order valence-electron chi connectivity index (χ0n) is 14.4. The highest BCUT2D eigenvalue weighted by atomic mass is 19.4. The van der Waals surface area contributed by atoms with Crippen molar-refractivity contribution >= 4 is 23.0 Å². The minimum Gasteiger partial charge on any atom is -0.482 e. The summed E-state index contributed by atoms with van der Waals surface area (Å²) < 4.78 is 83.2. The SMILES string of the molecule is [C-]#[N+]c1ccc(N=C(OC)C2(C)CC(C(F)(F)F)=NN2C)cc1C(F)(F)F. The van der Waals surface area contributed by atoms with Gasteiger partial charge >= 0.3 is 12.4 Å². The minimum absolute atomic E-state index is 0.207. The van der Waals surface area contributed by atoms with Crippen LogP contribution in [0.3, 0.4) is 0 Å². The van der Waals surface area contributed by atoms with Gasteiger partial charge < -0.3 is 4.74 Å². The van der Waals surface area contributed by atoms with E-state index in [1.165, 1.54) is 14.0 Å². The molecule has 1 atom stereocenters. The third-order valence-electron chi connectivity index (χ3n) is 4.11. The number of likely N-dealkylation sites (N-methyl/N-ethyl adjacent to an activating group) is 1. The fraction of sp³-hybridized carbons (Fsp3) is 0.438. The lowest BCUT2D eigenvalue weighted by Gasteiger charge is -2.31. The zero-order valence-corrected chi connectivity index (χ0v) is 14.4. The zero-order chi connectivity index (χ0) is 20.6. The molecule has 0 saturated carbocycles. The van der Waals surface area contributed by atoms with Crippen LogP contribution >= 0.6 is 0 Å². The predicted molar refractivity (Wildman–Crippen MR) is 86.1 cm³/mol. The van der Waals surface area contributed by atoms with E-state index in [0.29, 0.717) is 6.07 Å². The smallest absolute Gasteiger partial charge is 0.431 e. The number of hydrogen-bond acceptors (Lipinski definition) is 4. The Bertz CT molecular complexity index is 837. The van der Waals surface area contributed by atoms with Crippen LogP contribution in [0, 0.1) is 6.57 Å². The highest BCUT2D eigenvalue weighted by molar-refractivity contribution is 6.00. The van der Waals surface area contributed by atoms with Gasteiger partial charge in [-0.15, -0.1) is 0 Å². The van der Waals surface area contributed by atoms with Crippen molar-refractivity contribution in [3.8, 4) is 0 Å². The third-order valence-corrected chi connectivity index (χ3v) is 4.11. The van der Waals surface area contributed by atoms with Crippen molar-refractivity contribution in [1.82, 2.24) is 5.01 Å². The predicted octanol–water partition coefficient (Wildman–Crippen LogP) is 4.95.